The number of aryl methyl sites for hydroxylation is 1. The SMILES string of the molecule is CCc1ccc(/C=C/C(=O)NCC2(O)CCOC2)cc1. The minimum absolute atomic E-state index is 0.204. The summed E-state index contributed by atoms with van der Waals surface area (Å²) in [4.78, 5) is 11.7. The normalized spacial score (nSPS) is 22.3. The van der Waals surface area contributed by atoms with Crippen LogP contribution in [0.2, 0.25) is 0 Å². The Morgan fingerprint density at radius 2 is 2.20 bits per heavy atom. The first kappa shape index (κ1) is 14.8. The predicted molar refractivity (Wildman–Crippen MR) is 78.2 cm³/mol. The lowest BCUT2D eigenvalue weighted by atomic mass is 10.0. The quantitative estimate of drug-likeness (QED) is 0.801. The van der Waals surface area contributed by atoms with E-state index < -0.39 is 5.60 Å². The van der Waals surface area contributed by atoms with E-state index in [0.717, 1.165) is 12.0 Å². The summed E-state index contributed by atoms with van der Waals surface area (Å²) < 4.78 is 5.12. The zero-order valence-corrected chi connectivity index (χ0v) is 11.8. The highest BCUT2D eigenvalue weighted by Gasteiger charge is 2.32. The summed E-state index contributed by atoms with van der Waals surface area (Å²) in [6.07, 6.45) is 4.82. The van der Waals surface area contributed by atoms with Gasteiger partial charge in [0.15, 0.2) is 0 Å². The van der Waals surface area contributed by atoms with Gasteiger partial charge in [-0.1, -0.05) is 31.2 Å². The molecule has 0 spiro atoms. The Morgan fingerprint density at radius 3 is 2.80 bits per heavy atom. The number of nitrogens with one attached hydrogen (secondary N) is 1. The van der Waals surface area contributed by atoms with Crippen molar-refractivity contribution in [1.82, 2.24) is 5.32 Å². The molecule has 2 N–H and O–H groups in total. The maximum atomic E-state index is 11.7. The molecule has 20 heavy (non-hydrogen) atoms. The van der Waals surface area contributed by atoms with Crippen molar-refractivity contribution in [3.63, 3.8) is 0 Å². The van der Waals surface area contributed by atoms with Crippen LogP contribution >= 0.6 is 0 Å². The van der Waals surface area contributed by atoms with Crippen molar-refractivity contribution in [3.8, 4) is 0 Å². The molecular formula is C16H21NO3. The molecule has 0 aliphatic carbocycles. The topological polar surface area (TPSA) is 58.6 Å². The van der Waals surface area contributed by atoms with Gasteiger partial charge in [-0.15, -0.1) is 0 Å². The molecule has 1 aromatic carbocycles. The number of hydrogen-bond donors (Lipinski definition) is 2. The maximum absolute atomic E-state index is 11.7. The van der Waals surface area contributed by atoms with Crippen molar-refractivity contribution < 1.29 is 14.6 Å². The second-order valence-corrected chi connectivity index (χ2v) is 5.17. The van der Waals surface area contributed by atoms with Crippen molar-refractivity contribution in [2.45, 2.75) is 25.4 Å². The standard InChI is InChI=1S/C16H21NO3/c1-2-13-3-5-14(6-4-13)7-8-15(18)17-11-16(19)9-10-20-12-16/h3-8,19H,2,9-12H2,1H3,(H,17,18)/b8-7+. The molecule has 1 aromatic rings. The van der Waals surface area contributed by atoms with Crippen LogP contribution in [0.1, 0.15) is 24.5 Å². The molecule has 0 radical (unpaired) electrons. The van der Waals surface area contributed by atoms with Crippen LogP contribution in [-0.2, 0) is 16.0 Å². The fourth-order valence-corrected chi connectivity index (χ4v) is 2.08. The lowest BCUT2D eigenvalue weighted by Gasteiger charge is -2.19. The molecule has 4 heteroatoms. The average molecular weight is 275 g/mol. The fraction of sp³-hybridized carbons (Fsp3) is 0.438. The summed E-state index contributed by atoms with van der Waals surface area (Å²) >= 11 is 0. The summed E-state index contributed by atoms with van der Waals surface area (Å²) in [7, 11) is 0. The fourth-order valence-electron chi connectivity index (χ4n) is 2.08. The Morgan fingerprint density at radius 1 is 1.45 bits per heavy atom. The van der Waals surface area contributed by atoms with Crippen LogP contribution in [0.3, 0.4) is 0 Å². The molecule has 1 aliphatic heterocycles. The Hall–Kier alpha value is -1.65. The molecule has 0 bridgehead atoms. The van der Waals surface area contributed by atoms with E-state index in [1.807, 2.05) is 12.1 Å². The van der Waals surface area contributed by atoms with Gasteiger partial charge in [-0.05, 0) is 23.6 Å². The van der Waals surface area contributed by atoms with Gasteiger partial charge in [0.05, 0.1) is 6.61 Å². The van der Waals surface area contributed by atoms with Gasteiger partial charge in [-0.2, -0.15) is 0 Å². The number of carbonyl (C=O) groups is 1. The van der Waals surface area contributed by atoms with E-state index in [2.05, 4.69) is 24.4 Å². The molecule has 1 heterocycles. The van der Waals surface area contributed by atoms with E-state index >= 15 is 0 Å². The van der Waals surface area contributed by atoms with E-state index in [1.54, 1.807) is 6.08 Å². The molecular weight excluding hydrogens is 254 g/mol. The van der Waals surface area contributed by atoms with E-state index in [0.29, 0.717) is 13.0 Å². The van der Waals surface area contributed by atoms with Crippen LogP contribution in [0, 0.1) is 0 Å². The minimum Gasteiger partial charge on any atom is -0.386 e. The first-order chi connectivity index (χ1) is 9.61. The van der Waals surface area contributed by atoms with Crippen LogP contribution in [0.25, 0.3) is 6.08 Å². The lowest BCUT2D eigenvalue weighted by molar-refractivity contribution is -0.117. The van der Waals surface area contributed by atoms with E-state index in [-0.39, 0.29) is 19.1 Å². The summed E-state index contributed by atoms with van der Waals surface area (Å²) in [5, 5.41) is 12.7. The van der Waals surface area contributed by atoms with Gasteiger partial charge in [-0.3, -0.25) is 4.79 Å². The third kappa shape index (κ3) is 4.18. The molecule has 0 saturated carbocycles. The smallest absolute Gasteiger partial charge is 0.244 e. The predicted octanol–water partition coefficient (Wildman–Crippen LogP) is 1.53. The van der Waals surface area contributed by atoms with Gasteiger partial charge in [0.25, 0.3) is 0 Å². The Bertz CT molecular complexity index is 473. The average Bonchev–Trinajstić information content (AvgIpc) is 2.91. The third-order valence-electron chi connectivity index (χ3n) is 3.49. The van der Waals surface area contributed by atoms with Crippen LogP contribution in [0.5, 0.6) is 0 Å². The molecule has 1 aliphatic rings. The molecule has 108 valence electrons. The van der Waals surface area contributed by atoms with Crippen LogP contribution in [0.15, 0.2) is 30.3 Å². The zero-order chi connectivity index (χ0) is 14.4. The summed E-state index contributed by atoms with van der Waals surface area (Å²) in [6, 6.07) is 8.08. The highest BCUT2D eigenvalue weighted by atomic mass is 16.5. The van der Waals surface area contributed by atoms with Crippen molar-refractivity contribution >= 4 is 12.0 Å². The molecule has 1 fully saturated rings. The van der Waals surface area contributed by atoms with Crippen LogP contribution in [-0.4, -0.2) is 36.4 Å². The number of carbonyl (C=O) groups excluding carboxylic acids is 1. The first-order valence-corrected chi connectivity index (χ1v) is 6.96. The molecule has 1 saturated heterocycles. The monoisotopic (exact) mass is 275 g/mol. The molecule has 1 atom stereocenters. The number of aliphatic hydroxyl groups is 1. The van der Waals surface area contributed by atoms with Gasteiger partial charge in [-0.25, -0.2) is 0 Å². The summed E-state index contributed by atoms with van der Waals surface area (Å²) in [5.74, 6) is -0.204. The number of rotatable bonds is 5. The molecule has 0 aromatic heterocycles. The van der Waals surface area contributed by atoms with E-state index in [1.165, 1.54) is 11.6 Å². The molecule has 1 unspecified atom stereocenters. The second-order valence-electron chi connectivity index (χ2n) is 5.17. The minimum atomic E-state index is -0.910. The van der Waals surface area contributed by atoms with Gasteiger partial charge in [0.2, 0.25) is 5.91 Å². The third-order valence-corrected chi connectivity index (χ3v) is 3.49. The van der Waals surface area contributed by atoms with E-state index in [9.17, 15) is 9.90 Å². The number of benzene rings is 1. The maximum Gasteiger partial charge on any atom is 0.244 e. The molecule has 4 nitrogen and oxygen atoms in total. The van der Waals surface area contributed by atoms with Gasteiger partial charge in [0, 0.05) is 25.6 Å². The van der Waals surface area contributed by atoms with Crippen LogP contribution < -0.4 is 5.32 Å². The Balaban J connectivity index is 1.82. The summed E-state index contributed by atoms with van der Waals surface area (Å²) in [6.45, 7) is 3.17. The number of hydrogen-bond acceptors (Lipinski definition) is 3. The summed E-state index contributed by atoms with van der Waals surface area (Å²) in [5.41, 5.74) is 1.35. The van der Waals surface area contributed by atoms with Crippen molar-refractivity contribution in [2.75, 3.05) is 19.8 Å². The van der Waals surface area contributed by atoms with E-state index in [4.69, 9.17) is 4.74 Å². The van der Waals surface area contributed by atoms with Crippen molar-refractivity contribution in [2.24, 2.45) is 0 Å². The first-order valence-electron chi connectivity index (χ1n) is 6.96. The van der Waals surface area contributed by atoms with Gasteiger partial charge < -0.3 is 15.2 Å². The highest BCUT2D eigenvalue weighted by Crippen LogP contribution is 2.16. The van der Waals surface area contributed by atoms with Gasteiger partial charge >= 0.3 is 0 Å². The zero-order valence-electron chi connectivity index (χ0n) is 11.8. The van der Waals surface area contributed by atoms with Crippen LogP contribution in [0.4, 0.5) is 0 Å². The lowest BCUT2D eigenvalue weighted by Crippen LogP contribution is -2.42. The molecule has 1 amide bonds. The number of ether oxygens (including phenoxy) is 1. The van der Waals surface area contributed by atoms with Crippen molar-refractivity contribution in [3.05, 3.63) is 41.5 Å². The Labute approximate surface area is 119 Å². The molecule has 2 rings (SSSR count). The number of amides is 1. The highest BCUT2D eigenvalue weighted by molar-refractivity contribution is 5.91. The van der Waals surface area contributed by atoms with Gasteiger partial charge in [0.1, 0.15) is 5.60 Å². The second kappa shape index (κ2) is 6.68. The largest absolute Gasteiger partial charge is 0.386 e. The van der Waals surface area contributed by atoms with Crippen molar-refractivity contribution in [1.29, 1.82) is 0 Å². The Kier molecular flexibility index (Phi) is 4.93.